The van der Waals surface area contributed by atoms with Crippen LogP contribution in [0.2, 0.25) is 0 Å². The molecule has 1 saturated carbocycles. The average molecular weight is 361 g/mol. The Hall–Kier alpha value is -2.42. The van der Waals surface area contributed by atoms with Crippen LogP contribution in [-0.4, -0.2) is 23.1 Å². The van der Waals surface area contributed by atoms with E-state index in [1.165, 1.54) is 11.1 Å². The molecule has 3 heteroatoms. The number of carbonyl (C=O) groups is 2. The summed E-state index contributed by atoms with van der Waals surface area (Å²) in [5.41, 5.74) is 3.98. The number of carbonyl (C=O) groups excluding carboxylic acids is 2. The molecule has 4 rings (SSSR count). The first-order valence-corrected chi connectivity index (χ1v) is 10.1. The van der Waals surface area contributed by atoms with E-state index in [1.54, 1.807) is 0 Å². The third-order valence-corrected chi connectivity index (χ3v) is 6.22. The van der Waals surface area contributed by atoms with Crippen molar-refractivity contribution in [1.82, 2.24) is 4.90 Å². The number of fused-ring (bicyclic) bond motifs is 1. The molecule has 2 aromatic carbocycles. The maximum Gasteiger partial charge on any atom is 0.254 e. The average Bonchev–Trinajstić information content (AvgIpc) is 2.73. The zero-order valence-corrected chi connectivity index (χ0v) is 16.0. The topological polar surface area (TPSA) is 37.4 Å². The van der Waals surface area contributed by atoms with Gasteiger partial charge in [0.2, 0.25) is 0 Å². The van der Waals surface area contributed by atoms with Crippen LogP contribution in [0.1, 0.15) is 64.4 Å². The zero-order chi connectivity index (χ0) is 18.8. The summed E-state index contributed by atoms with van der Waals surface area (Å²) in [6.07, 6.45) is 5.17. The van der Waals surface area contributed by atoms with E-state index in [0.717, 1.165) is 50.1 Å². The molecule has 0 saturated heterocycles. The van der Waals surface area contributed by atoms with Crippen molar-refractivity contribution in [2.24, 2.45) is 11.8 Å². The first-order valence-electron chi connectivity index (χ1n) is 10.1. The third-order valence-electron chi connectivity index (χ3n) is 6.22. The molecule has 1 aliphatic carbocycles. The first kappa shape index (κ1) is 18.0. The highest BCUT2D eigenvalue weighted by Gasteiger charge is 2.26. The predicted octanol–water partition coefficient (Wildman–Crippen LogP) is 4.89. The summed E-state index contributed by atoms with van der Waals surface area (Å²) in [7, 11) is 0. The summed E-state index contributed by atoms with van der Waals surface area (Å²) in [5.74, 6) is 1.19. The summed E-state index contributed by atoms with van der Waals surface area (Å²) in [5, 5.41) is 0. The van der Waals surface area contributed by atoms with Crippen LogP contribution in [0.5, 0.6) is 0 Å². The van der Waals surface area contributed by atoms with Gasteiger partial charge >= 0.3 is 0 Å². The molecule has 0 unspecified atom stereocenters. The molecule has 3 nitrogen and oxygen atoms in total. The van der Waals surface area contributed by atoms with E-state index in [9.17, 15) is 9.59 Å². The minimum Gasteiger partial charge on any atom is -0.334 e. The second kappa shape index (κ2) is 7.67. The van der Waals surface area contributed by atoms with E-state index in [2.05, 4.69) is 25.1 Å². The number of benzene rings is 2. The smallest absolute Gasteiger partial charge is 0.254 e. The minimum absolute atomic E-state index is 0.0509. The molecule has 0 atom stereocenters. The second-order valence-electron chi connectivity index (χ2n) is 8.14. The molecule has 2 aromatic rings. The van der Waals surface area contributed by atoms with Gasteiger partial charge in [0, 0.05) is 30.1 Å². The standard InChI is InChI=1S/C24H27NO2/c1-17-6-8-19(9-7-17)23(26)20-10-12-21(13-11-20)24(27)25-15-14-18-4-2-3-5-22(18)16-25/h2-5,10-13,17,19H,6-9,14-16H2,1H3. The molecular weight excluding hydrogens is 334 g/mol. The molecule has 0 bridgehead atoms. The van der Waals surface area contributed by atoms with Crippen LogP contribution in [-0.2, 0) is 13.0 Å². The summed E-state index contributed by atoms with van der Waals surface area (Å²) in [6.45, 7) is 3.67. The third kappa shape index (κ3) is 3.83. The van der Waals surface area contributed by atoms with Crippen molar-refractivity contribution in [2.75, 3.05) is 6.54 Å². The van der Waals surface area contributed by atoms with E-state index in [4.69, 9.17) is 0 Å². The zero-order valence-electron chi connectivity index (χ0n) is 16.0. The fraction of sp³-hybridized carbons (Fsp3) is 0.417. The van der Waals surface area contributed by atoms with Crippen LogP contribution >= 0.6 is 0 Å². The van der Waals surface area contributed by atoms with Crippen molar-refractivity contribution in [1.29, 1.82) is 0 Å². The predicted molar refractivity (Wildman–Crippen MR) is 107 cm³/mol. The first-order chi connectivity index (χ1) is 13.1. The molecule has 0 spiro atoms. The number of hydrogen-bond acceptors (Lipinski definition) is 2. The van der Waals surface area contributed by atoms with Crippen LogP contribution in [0.25, 0.3) is 0 Å². The van der Waals surface area contributed by atoms with Gasteiger partial charge in [0.25, 0.3) is 5.91 Å². The van der Waals surface area contributed by atoms with E-state index in [1.807, 2.05) is 35.2 Å². The molecule has 1 fully saturated rings. The number of nitrogens with zero attached hydrogens (tertiary/aromatic N) is 1. The van der Waals surface area contributed by atoms with Gasteiger partial charge in [0.15, 0.2) is 5.78 Å². The number of Topliss-reactive ketones (excluding diaryl/α,β-unsaturated/α-hetero) is 1. The van der Waals surface area contributed by atoms with Crippen molar-refractivity contribution in [3.63, 3.8) is 0 Å². The Labute approximate surface area is 161 Å². The molecular formula is C24H27NO2. The lowest BCUT2D eigenvalue weighted by Gasteiger charge is -2.29. The molecule has 0 aromatic heterocycles. The van der Waals surface area contributed by atoms with Crippen molar-refractivity contribution in [3.8, 4) is 0 Å². The number of hydrogen-bond donors (Lipinski definition) is 0. The summed E-state index contributed by atoms with van der Waals surface area (Å²) < 4.78 is 0. The van der Waals surface area contributed by atoms with Gasteiger partial charge in [-0.15, -0.1) is 0 Å². The van der Waals surface area contributed by atoms with Gasteiger partial charge in [-0.2, -0.15) is 0 Å². The van der Waals surface area contributed by atoms with Crippen LogP contribution in [0, 0.1) is 11.8 Å². The monoisotopic (exact) mass is 361 g/mol. The van der Waals surface area contributed by atoms with Crippen molar-refractivity contribution in [3.05, 3.63) is 70.8 Å². The molecule has 2 aliphatic rings. The molecule has 0 N–H and O–H groups in total. The van der Waals surface area contributed by atoms with Gasteiger partial charge in [0.1, 0.15) is 0 Å². The molecule has 0 radical (unpaired) electrons. The lowest BCUT2D eigenvalue weighted by Crippen LogP contribution is -2.35. The van der Waals surface area contributed by atoms with Crippen molar-refractivity contribution >= 4 is 11.7 Å². The maximum absolute atomic E-state index is 12.9. The summed E-state index contributed by atoms with van der Waals surface area (Å²) in [4.78, 5) is 27.5. The number of ketones is 1. The Morgan fingerprint density at radius 1 is 0.852 bits per heavy atom. The van der Waals surface area contributed by atoms with Crippen LogP contribution in [0.15, 0.2) is 48.5 Å². The molecule has 1 amide bonds. The Morgan fingerprint density at radius 2 is 1.48 bits per heavy atom. The normalized spacial score (nSPS) is 22.2. The van der Waals surface area contributed by atoms with Gasteiger partial charge in [-0.1, -0.05) is 56.2 Å². The SMILES string of the molecule is CC1CCC(C(=O)c2ccc(C(=O)N3CCc4ccccc4C3)cc2)CC1. The molecule has 140 valence electrons. The van der Waals surface area contributed by atoms with Gasteiger partial charge in [-0.05, 0) is 48.4 Å². The van der Waals surface area contributed by atoms with Crippen molar-refractivity contribution < 1.29 is 9.59 Å². The van der Waals surface area contributed by atoms with E-state index >= 15 is 0 Å². The second-order valence-corrected chi connectivity index (χ2v) is 8.14. The molecule has 1 aliphatic heterocycles. The fourth-order valence-electron chi connectivity index (χ4n) is 4.39. The molecule has 1 heterocycles. The van der Waals surface area contributed by atoms with Crippen LogP contribution < -0.4 is 0 Å². The van der Waals surface area contributed by atoms with Crippen LogP contribution in [0.4, 0.5) is 0 Å². The van der Waals surface area contributed by atoms with Gasteiger partial charge in [-0.25, -0.2) is 0 Å². The highest BCUT2D eigenvalue weighted by molar-refractivity contribution is 6.00. The number of amides is 1. The summed E-state index contributed by atoms with van der Waals surface area (Å²) in [6, 6.07) is 15.6. The number of rotatable bonds is 3. The van der Waals surface area contributed by atoms with E-state index in [-0.39, 0.29) is 17.6 Å². The van der Waals surface area contributed by atoms with Gasteiger partial charge in [0.05, 0.1) is 0 Å². The Balaban J connectivity index is 1.43. The van der Waals surface area contributed by atoms with Crippen LogP contribution in [0.3, 0.4) is 0 Å². The lowest BCUT2D eigenvalue weighted by atomic mass is 9.79. The van der Waals surface area contributed by atoms with Gasteiger partial charge in [-0.3, -0.25) is 9.59 Å². The Morgan fingerprint density at radius 3 is 2.19 bits per heavy atom. The lowest BCUT2D eigenvalue weighted by molar-refractivity contribution is 0.0734. The highest BCUT2D eigenvalue weighted by Crippen LogP contribution is 2.30. The Kier molecular flexibility index (Phi) is 5.11. The minimum atomic E-state index is 0.0509. The van der Waals surface area contributed by atoms with Crippen molar-refractivity contribution in [2.45, 2.75) is 45.6 Å². The highest BCUT2D eigenvalue weighted by atomic mass is 16.2. The molecule has 27 heavy (non-hydrogen) atoms. The maximum atomic E-state index is 12.9. The quantitative estimate of drug-likeness (QED) is 0.730. The van der Waals surface area contributed by atoms with Gasteiger partial charge < -0.3 is 4.90 Å². The largest absolute Gasteiger partial charge is 0.334 e. The summed E-state index contributed by atoms with van der Waals surface area (Å²) >= 11 is 0. The fourth-order valence-corrected chi connectivity index (χ4v) is 4.39. The van der Waals surface area contributed by atoms with E-state index < -0.39 is 0 Å². The Bertz CT molecular complexity index is 832. The van der Waals surface area contributed by atoms with E-state index in [0.29, 0.717) is 12.1 Å².